The number of nitrogens with one attached hydrogen (secondary N) is 1. The summed E-state index contributed by atoms with van der Waals surface area (Å²) < 4.78 is 25.1. The Kier molecular flexibility index (Phi) is 3.73. The van der Waals surface area contributed by atoms with Crippen LogP contribution in [0.25, 0.3) is 0 Å². The van der Waals surface area contributed by atoms with Crippen LogP contribution in [0, 0.1) is 0 Å². The molecule has 1 aliphatic heterocycles. The molecule has 1 aliphatic rings. The van der Waals surface area contributed by atoms with E-state index >= 15 is 0 Å². The van der Waals surface area contributed by atoms with Gasteiger partial charge in [0.05, 0.1) is 11.9 Å². The Morgan fingerprint density at radius 3 is 3.00 bits per heavy atom. The van der Waals surface area contributed by atoms with Crippen LogP contribution in [0.1, 0.15) is 18.0 Å². The highest BCUT2D eigenvalue weighted by Gasteiger charge is 2.31. The summed E-state index contributed by atoms with van der Waals surface area (Å²) >= 11 is 0. The zero-order valence-corrected chi connectivity index (χ0v) is 13.0. The van der Waals surface area contributed by atoms with E-state index in [1.165, 1.54) is 6.20 Å². The third kappa shape index (κ3) is 2.89. The fraction of sp³-hybridized carbons (Fsp3) is 0.462. The monoisotopic (exact) mass is 323 g/mol. The van der Waals surface area contributed by atoms with Gasteiger partial charge in [-0.25, -0.2) is 8.42 Å². The van der Waals surface area contributed by atoms with Gasteiger partial charge in [0, 0.05) is 37.7 Å². The van der Waals surface area contributed by atoms with Crippen molar-refractivity contribution >= 4 is 15.7 Å². The number of aromatic nitrogens is 4. The molecule has 1 fully saturated rings. The molecule has 2 aromatic heterocycles. The summed E-state index contributed by atoms with van der Waals surface area (Å²) in [7, 11) is -3.32. The van der Waals surface area contributed by atoms with E-state index in [0.717, 1.165) is 12.7 Å². The summed E-state index contributed by atoms with van der Waals surface area (Å²) in [6.07, 6.45) is 6.58. The second kappa shape index (κ2) is 5.56. The fourth-order valence-electron chi connectivity index (χ4n) is 2.73. The van der Waals surface area contributed by atoms with Crippen LogP contribution in [-0.2, 0) is 21.2 Å². The van der Waals surface area contributed by atoms with Crippen LogP contribution < -0.4 is 0 Å². The standard InChI is InChI=1S/C13H17N5O3S/c1-22(20,21)11-7-14-16-13(11)10-3-6-17(8-10)12(19)9-18-5-2-4-15-18/h2,4-5,7,10H,3,6,8-9H2,1H3,(H,14,16). The minimum absolute atomic E-state index is 0.0216. The molecule has 2 aromatic rings. The van der Waals surface area contributed by atoms with Gasteiger partial charge in [0.1, 0.15) is 11.4 Å². The first kappa shape index (κ1) is 14.8. The molecular weight excluding hydrogens is 306 g/mol. The zero-order chi connectivity index (χ0) is 15.7. The molecule has 8 nitrogen and oxygen atoms in total. The summed E-state index contributed by atoms with van der Waals surface area (Å²) in [5.41, 5.74) is 0.594. The number of aromatic amines is 1. The molecule has 118 valence electrons. The maximum absolute atomic E-state index is 12.2. The number of rotatable bonds is 4. The topological polar surface area (TPSA) is 101 Å². The minimum Gasteiger partial charge on any atom is -0.340 e. The third-order valence-electron chi connectivity index (χ3n) is 3.84. The van der Waals surface area contributed by atoms with Gasteiger partial charge in [-0.05, 0) is 12.5 Å². The van der Waals surface area contributed by atoms with Crippen LogP contribution in [-0.4, -0.2) is 58.5 Å². The SMILES string of the molecule is CS(=O)(=O)c1cn[nH]c1C1CCN(C(=O)Cn2cccn2)C1. The van der Waals surface area contributed by atoms with Crippen LogP contribution in [0.15, 0.2) is 29.6 Å². The predicted molar refractivity (Wildman–Crippen MR) is 77.9 cm³/mol. The van der Waals surface area contributed by atoms with Crippen LogP contribution in [0.4, 0.5) is 0 Å². The van der Waals surface area contributed by atoms with Gasteiger partial charge >= 0.3 is 0 Å². The van der Waals surface area contributed by atoms with Gasteiger partial charge in [0.2, 0.25) is 5.91 Å². The summed E-state index contributed by atoms with van der Waals surface area (Å²) in [5, 5.41) is 10.6. The second-order valence-corrected chi connectivity index (χ2v) is 7.43. The molecule has 9 heteroatoms. The van der Waals surface area contributed by atoms with E-state index in [0.29, 0.717) is 18.8 Å². The van der Waals surface area contributed by atoms with Gasteiger partial charge in [-0.1, -0.05) is 0 Å². The first-order valence-corrected chi connectivity index (χ1v) is 8.83. The fourth-order valence-corrected chi connectivity index (χ4v) is 3.58. The lowest BCUT2D eigenvalue weighted by atomic mass is 10.1. The number of likely N-dealkylation sites (tertiary alicyclic amines) is 1. The normalized spacial score (nSPS) is 18.8. The van der Waals surface area contributed by atoms with Crippen molar-refractivity contribution in [3.05, 3.63) is 30.4 Å². The number of sulfone groups is 1. The van der Waals surface area contributed by atoms with E-state index < -0.39 is 9.84 Å². The molecule has 0 radical (unpaired) electrons. The van der Waals surface area contributed by atoms with Crippen molar-refractivity contribution in [2.24, 2.45) is 0 Å². The molecule has 1 atom stereocenters. The van der Waals surface area contributed by atoms with Gasteiger partial charge < -0.3 is 4.90 Å². The van der Waals surface area contributed by atoms with Crippen molar-refractivity contribution in [2.75, 3.05) is 19.3 Å². The van der Waals surface area contributed by atoms with Gasteiger partial charge in [0.15, 0.2) is 9.84 Å². The van der Waals surface area contributed by atoms with Gasteiger partial charge in [-0.15, -0.1) is 0 Å². The van der Waals surface area contributed by atoms with Crippen molar-refractivity contribution in [3.8, 4) is 0 Å². The van der Waals surface area contributed by atoms with Crippen LogP contribution >= 0.6 is 0 Å². The smallest absolute Gasteiger partial charge is 0.244 e. The summed E-state index contributed by atoms with van der Waals surface area (Å²) in [5.74, 6) is -0.0552. The molecule has 0 saturated carbocycles. The lowest BCUT2D eigenvalue weighted by Crippen LogP contribution is -2.32. The van der Waals surface area contributed by atoms with Crippen molar-refractivity contribution in [3.63, 3.8) is 0 Å². The minimum atomic E-state index is -3.32. The van der Waals surface area contributed by atoms with Crippen LogP contribution in [0.5, 0.6) is 0 Å². The Balaban J connectivity index is 1.70. The predicted octanol–water partition coefficient (Wildman–Crippen LogP) is 0.0258. The molecule has 0 aromatic carbocycles. The van der Waals surface area contributed by atoms with Gasteiger partial charge in [-0.2, -0.15) is 10.2 Å². The third-order valence-corrected chi connectivity index (χ3v) is 4.96. The molecule has 1 amide bonds. The van der Waals surface area contributed by atoms with Crippen molar-refractivity contribution in [2.45, 2.75) is 23.8 Å². The molecule has 22 heavy (non-hydrogen) atoms. The number of hydrogen-bond donors (Lipinski definition) is 1. The number of hydrogen-bond acceptors (Lipinski definition) is 5. The van der Waals surface area contributed by atoms with Crippen molar-refractivity contribution in [1.82, 2.24) is 24.9 Å². The maximum Gasteiger partial charge on any atom is 0.244 e. The average molecular weight is 323 g/mol. The number of carbonyl (C=O) groups is 1. The summed E-state index contributed by atoms with van der Waals surface area (Å²) in [4.78, 5) is 14.2. The Morgan fingerprint density at radius 2 is 2.32 bits per heavy atom. The molecule has 0 aliphatic carbocycles. The Bertz CT molecular complexity index is 765. The molecule has 0 bridgehead atoms. The van der Waals surface area contributed by atoms with Gasteiger partial charge in [-0.3, -0.25) is 14.6 Å². The first-order chi connectivity index (χ1) is 10.4. The molecular formula is C13H17N5O3S. The Labute approximate surface area is 128 Å². The van der Waals surface area contributed by atoms with E-state index in [4.69, 9.17) is 0 Å². The van der Waals surface area contributed by atoms with Crippen molar-refractivity contribution < 1.29 is 13.2 Å². The summed E-state index contributed by atoms with van der Waals surface area (Å²) in [6.45, 7) is 1.29. The van der Waals surface area contributed by atoms with Crippen molar-refractivity contribution in [1.29, 1.82) is 0 Å². The lowest BCUT2D eigenvalue weighted by molar-refractivity contribution is -0.131. The van der Waals surface area contributed by atoms with Crippen LogP contribution in [0.3, 0.4) is 0 Å². The van der Waals surface area contributed by atoms with Crippen LogP contribution in [0.2, 0.25) is 0 Å². The van der Waals surface area contributed by atoms with Gasteiger partial charge in [0.25, 0.3) is 0 Å². The molecule has 1 N–H and O–H groups in total. The summed E-state index contributed by atoms with van der Waals surface area (Å²) in [6, 6.07) is 1.77. The van der Waals surface area contributed by atoms with E-state index in [9.17, 15) is 13.2 Å². The highest BCUT2D eigenvalue weighted by molar-refractivity contribution is 7.90. The van der Waals surface area contributed by atoms with E-state index in [1.807, 2.05) is 0 Å². The molecule has 1 unspecified atom stereocenters. The number of amides is 1. The second-order valence-electron chi connectivity index (χ2n) is 5.45. The maximum atomic E-state index is 12.2. The lowest BCUT2D eigenvalue weighted by Gasteiger charge is -2.16. The average Bonchev–Trinajstić information content (AvgIpc) is 3.18. The number of H-pyrrole nitrogens is 1. The van der Waals surface area contributed by atoms with E-state index in [-0.39, 0.29) is 23.3 Å². The zero-order valence-electron chi connectivity index (χ0n) is 12.1. The molecule has 0 spiro atoms. The Morgan fingerprint density at radius 1 is 1.50 bits per heavy atom. The molecule has 1 saturated heterocycles. The number of carbonyl (C=O) groups excluding carboxylic acids is 1. The van der Waals surface area contributed by atoms with E-state index in [1.54, 1.807) is 28.0 Å². The molecule has 3 heterocycles. The quantitative estimate of drug-likeness (QED) is 0.855. The number of nitrogens with zero attached hydrogens (tertiary/aromatic N) is 4. The highest BCUT2D eigenvalue weighted by Crippen LogP contribution is 2.30. The Hall–Kier alpha value is -2.16. The molecule has 3 rings (SSSR count). The largest absolute Gasteiger partial charge is 0.340 e. The van der Waals surface area contributed by atoms with E-state index in [2.05, 4.69) is 15.3 Å². The highest BCUT2D eigenvalue weighted by atomic mass is 32.2. The first-order valence-electron chi connectivity index (χ1n) is 6.93.